The Morgan fingerprint density at radius 1 is 1.33 bits per heavy atom. The zero-order chi connectivity index (χ0) is 15.1. The molecule has 1 unspecified atom stereocenters. The third kappa shape index (κ3) is 5.11. The molecule has 1 aromatic heterocycles. The first-order chi connectivity index (χ1) is 10.1. The highest BCUT2D eigenvalue weighted by molar-refractivity contribution is 5.90. The molecule has 0 spiro atoms. The van der Waals surface area contributed by atoms with Crippen molar-refractivity contribution in [3.8, 4) is 0 Å². The summed E-state index contributed by atoms with van der Waals surface area (Å²) < 4.78 is 0. The Hall–Kier alpha value is -2.02. The second-order valence-electron chi connectivity index (χ2n) is 5.17. The van der Waals surface area contributed by atoms with Crippen LogP contribution in [0.5, 0.6) is 0 Å². The summed E-state index contributed by atoms with van der Waals surface area (Å²) in [6, 6.07) is 1.85. The zero-order valence-corrected chi connectivity index (χ0v) is 11.9. The summed E-state index contributed by atoms with van der Waals surface area (Å²) in [5.74, 6) is -0.660. The van der Waals surface area contributed by atoms with Gasteiger partial charge in [0, 0.05) is 24.9 Å². The highest BCUT2D eigenvalue weighted by atomic mass is 16.4. The van der Waals surface area contributed by atoms with Crippen LogP contribution in [0.15, 0.2) is 18.5 Å². The molecule has 1 fully saturated rings. The van der Waals surface area contributed by atoms with E-state index in [9.17, 15) is 9.59 Å². The highest BCUT2D eigenvalue weighted by Gasteiger charge is 2.24. The average molecular weight is 292 g/mol. The number of likely N-dealkylation sites (tertiary alicyclic amines) is 1. The summed E-state index contributed by atoms with van der Waals surface area (Å²) in [5.41, 5.74) is 0. The number of carboxylic acid groups (broad SMARTS) is 1. The molecule has 0 aromatic carbocycles. The van der Waals surface area contributed by atoms with Crippen LogP contribution in [-0.4, -0.2) is 51.0 Å². The van der Waals surface area contributed by atoms with Gasteiger partial charge in [0.2, 0.25) is 11.9 Å². The lowest BCUT2D eigenvalue weighted by Crippen LogP contribution is -2.44. The molecule has 7 nitrogen and oxygen atoms in total. The number of anilines is 1. The van der Waals surface area contributed by atoms with Gasteiger partial charge < -0.3 is 5.11 Å². The molecule has 7 heteroatoms. The molecule has 1 aromatic rings. The number of aliphatic carboxylic acids is 1. The normalized spacial score (nSPS) is 19.1. The van der Waals surface area contributed by atoms with Crippen molar-refractivity contribution >= 4 is 17.8 Å². The van der Waals surface area contributed by atoms with E-state index in [-0.39, 0.29) is 24.9 Å². The molecular weight excluding hydrogens is 272 g/mol. The van der Waals surface area contributed by atoms with Crippen LogP contribution >= 0.6 is 0 Å². The van der Waals surface area contributed by atoms with Crippen molar-refractivity contribution in [3.05, 3.63) is 18.5 Å². The summed E-state index contributed by atoms with van der Waals surface area (Å²) in [5, 5.41) is 11.4. The summed E-state index contributed by atoms with van der Waals surface area (Å²) in [7, 11) is 0. The van der Waals surface area contributed by atoms with Gasteiger partial charge in [0.1, 0.15) is 0 Å². The van der Waals surface area contributed by atoms with Gasteiger partial charge in [-0.3, -0.25) is 19.8 Å². The number of carbonyl (C=O) groups is 2. The lowest BCUT2D eigenvalue weighted by atomic mass is 9.98. The molecule has 21 heavy (non-hydrogen) atoms. The fourth-order valence-electron chi connectivity index (χ4n) is 2.60. The van der Waals surface area contributed by atoms with Crippen molar-refractivity contribution in [1.82, 2.24) is 14.9 Å². The molecule has 0 bridgehead atoms. The first-order valence-corrected chi connectivity index (χ1v) is 7.18. The van der Waals surface area contributed by atoms with E-state index in [1.807, 2.05) is 0 Å². The SMILES string of the molecule is O=C(O)CCC1CCCCN1CC(=O)Nc1ncccn1. The molecule has 0 aliphatic carbocycles. The predicted molar refractivity (Wildman–Crippen MR) is 76.7 cm³/mol. The minimum absolute atomic E-state index is 0.143. The number of aromatic nitrogens is 2. The van der Waals surface area contributed by atoms with Gasteiger partial charge in [0.25, 0.3) is 0 Å². The van der Waals surface area contributed by atoms with Gasteiger partial charge in [0.15, 0.2) is 0 Å². The molecule has 0 saturated carbocycles. The minimum Gasteiger partial charge on any atom is -0.481 e. The largest absolute Gasteiger partial charge is 0.481 e. The lowest BCUT2D eigenvalue weighted by molar-refractivity contribution is -0.137. The fourth-order valence-corrected chi connectivity index (χ4v) is 2.60. The van der Waals surface area contributed by atoms with Crippen molar-refractivity contribution in [2.45, 2.75) is 38.1 Å². The van der Waals surface area contributed by atoms with Gasteiger partial charge in [0.05, 0.1) is 6.54 Å². The molecule has 2 N–H and O–H groups in total. The van der Waals surface area contributed by atoms with Gasteiger partial charge in [-0.15, -0.1) is 0 Å². The number of amides is 1. The Morgan fingerprint density at radius 3 is 2.81 bits per heavy atom. The Bertz CT molecular complexity index is 480. The van der Waals surface area contributed by atoms with Gasteiger partial charge in [-0.1, -0.05) is 6.42 Å². The van der Waals surface area contributed by atoms with E-state index < -0.39 is 5.97 Å². The zero-order valence-electron chi connectivity index (χ0n) is 11.9. The van der Waals surface area contributed by atoms with E-state index in [2.05, 4.69) is 20.2 Å². The van der Waals surface area contributed by atoms with Crippen molar-refractivity contribution in [2.75, 3.05) is 18.4 Å². The van der Waals surface area contributed by atoms with E-state index in [1.54, 1.807) is 18.5 Å². The first kappa shape index (κ1) is 15.4. The van der Waals surface area contributed by atoms with Crippen molar-refractivity contribution in [2.24, 2.45) is 0 Å². The fraction of sp³-hybridized carbons (Fsp3) is 0.571. The summed E-state index contributed by atoms with van der Waals surface area (Å²) in [4.78, 5) is 32.7. The number of nitrogens with one attached hydrogen (secondary N) is 1. The number of nitrogens with zero attached hydrogens (tertiary/aromatic N) is 3. The van der Waals surface area contributed by atoms with Crippen molar-refractivity contribution < 1.29 is 14.7 Å². The van der Waals surface area contributed by atoms with Gasteiger partial charge in [-0.2, -0.15) is 0 Å². The average Bonchev–Trinajstić information content (AvgIpc) is 2.47. The minimum atomic E-state index is -0.789. The smallest absolute Gasteiger partial charge is 0.303 e. The van der Waals surface area contributed by atoms with E-state index in [0.717, 1.165) is 25.8 Å². The lowest BCUT2D eigenvalue weighted by Gasteiger charge is -2.34. The quantitative estimate of drug-likeness (QED) is 0.816. The second kappa shape index (κ2) is 7.68. The molecule has 1 saturated heterocycles. The van der Waals surface area contributed by atoms with E-state index >= 15 is 0 Å². The molecule has 1 amide bonds. The van der Waals surface area contributed by atoms with Gasteiger partial charge in [-0.25, -0.2) is 9.97 Å². The maximum atomic E-state index is 12.0. The first-order valence-electron chi connectivity index (χ1n) is 7.18. The Morgan fingerprint density at radius 2 is 2.10 bits per heavy atom. The van der Waals surface area contributed by atoms with Crippen LogP contribution in [0.3, 0.4) is 0 Å². The predicted octanol–water partition coefficient (Wildman–Crippen LogP) is 1.13. The summed E-state index contributed by atoms with van der Waals surface area (Å²) in [6.45, 7) is 1.08. The topological polar surface area (TPSA) is 95.4 Å². The molecule has 114 valence electrons. The maximum absolute atomic E-state index is 12.0. The van der Waals surface area contributed by atoms with Crippen LogP contribution in [0.2, 0.25) is 0 Å². The van der Waals surface area contributed by atoms with Crippen molar-refractivity contribution in [3.63, 3.8) is 0 Å². The summed E-state index contributed by atoms with van der Waals surface area (Å²) in [6.07, 6.45) is 6.94. The number of carbonyl (C=O) groups excluding carboxylic acids is 1. The molecule has 0 radical (unpaired) electrons. The maximum Gasteiger partial charge on any atom is 0.303 e. The van der Waals surface area contributed by atoms with E-state index in [1.165, 1.54) is 0 Å². The van der Waals surface area contributed by atoms with Crippen LogP contribution in [0.1, 0.15) is 32.1 Å². The number of hydrogen-bond donors (Lipinski definition) is 2. The number of piperidine rings is 1. The third-order valence-electron chi connectivity index (χ3n) is 3.60. The Labute approximate surface area is 123 Å². The van der Waals surface area contributed by atoms with Crippen LogP contribution in [0, 0.1) is 0 Å². The second-order valence-corrected chi connectivity index (χ2v) is 5.17. The number of rotatable bonds is 6. The molecule has 2 heterocycles. The molecular formula is C14H20N4O3. The molecule has 1 aliphatic rings. The summed E-state index contributed by atoms with van der Waals surface area (Å²) >= 11 is 0. The van der Waals surface area contributed by atoms with Crippen LogP contribution in [0.4, 0.5) is 5.95 Å². The number of hydrogen-bond acceptors (Lipinski definition) is 5. The van der Waals surface area contributed by atoms with Gasteiger partial charge >= 0.3 is 5.97 Å². The third-order valence-corrected chi connectivity index (χ3v) is 3.60. The monoisotopic (exact) mass is 292 g/mol. The number of carboxylic acids is 1. The standard InChI is InChI=1S/C14H20N4O3/c19-12(17-14-15-7-3-8-16-14)10-18-9-2-1-4-11(18)5-6-13(20)21/h3,7-8,11H,1-2,4-6,9-10H2,(H,20,21)(H,15,16,17,19). The van der Waals surface area contributed by atoms with Crippen molar-refractivity contribution in [1.29, 1.82) is 0 Å². The van der Waals surface area contributed by atoms with Crippen LogP contribution in [0.25, 0.3) is 0 Å². The highest BCUT2D eigenvalue weighted by Crippen LogP contribution is 2.20. The van der Waals surface area contributed by atoms with Crippen LogP contribution in [-0.2, 0) is 9.59 Å². The Balaban J connectivity index is 1.86. The van der Waals surface area contributed by atoms with E-state index in [4.69, 9.17) is 5.11 Å². The molecule has 1 aliphatic heterocycles. The van der Waals surface area contributed by atoms with Crippen LogP contribution < -0.4 is 5.32 Å². The molecule has 1 atom stereocenters. The van der Waals surface area contributed by atoms with Gasteiger partial charge in [-0.05, 0) is 31.9 Å². The Kier molecular flexibility index (Phi) is 5.62. The molecule has 2 rings (SSSR count). The van der Waals surface area contributed by atoms with E-state index in [0.29, 0.717) is 12.4 Å².